The summed E-state index contributed by atoms with van der Waals surface area (Å²) < 4.78 is 17.5. The summed E-state index contributed by atoms with van der Waals surface area (Å²) in [6.07, 6.45) is 1.91. The van der Waals surface area contributed by atoms with Crippen LogP contribution in [-0.4, -0.2) is 39.1 Å². The molecule has 0 atom stereocenters. The molecular formula is C17H21N5O4S. The Morgan fingerprint density at radius 1 is 1.30 bits per heavy atom. The first kappa shape index (κ1) is 19.0. The molecule has 1 aromatic carbocycles. The zero-order valence-electron chi connectivity index (χ0n) is 15.4. The summed E-state index contributed by atoms with van der Waals surface area (Å²) in [4.78, 5) is 16.2. The monoisotopic (exact) mass is 391 g/mol. The van der Waals surface area contributed by atoms with Crippen molar-refractivity contribution in [2.24, 2.45) is 0 Å². The Morgan fingerprint density at radius 2 is 2.15 bits per heavy atom. The lowest BCUT2D eigenvalue weighted by Gasteiger charge is -2.07. The van der Waals surface area contributed by atoms with Gasteiger partial charge in [-0.3, -0.25) is 4.57 Å². The Morgan fingerprint density at radius 3 is 2.89 bits per heavy atom. The van der Waals surface area contributed by atoms with E-state index in [9.17, 15) is 4.79 Å². The lowest BCUT2D eigenvalue weighted by atomic mass is 10.2. The SMILES string of the molecule is CCCCn1c(SCc2nc(-c3ccc(OC)cc3OC)no2)n[nH]c1=O. The van der Waals surface area contributed by atoms with Gasteiger partial charge in [0, 0.05) is 12.6 Å². The van der Waals surface area contributed by atoms with Crippen molar-refractivity contribution < 1.29 is 14.0 Å². The van der Waals surface area contributed by atoms with Crippen molar-refractivity contribution in [3.05, 3.63) is 34.6 Å². The van der Waals surface area contributed by atoms with Crippen LogP contribution < -0.4 is 15.2 Å². The maximum atomic E-state index is 11.8. The third-order valence-corrected chi connectivity index (χ3v) is 4.86. The van der Waals surface area contributed by atoms with E-state index in [0.29, 0.717) is 46.2 Å². The first-order valence-corrected chi connectivity index (χ1v) is 9.47. The molecule has 2 aromatic heterocycles. The van der Waals surface area contributed by atoms with Crippen LogP contribution in [0.3, 0.4) is 0 Å². The topological polar surface area (TPSA) is 108 Å². The molecule has 2 heterocycles. The molecule has 0 unspecified atom stereocenters. The molecule has 3 aromatic rings. The van der Waals surface area contributed by atoms with Crippen molar-refractivity contribution >= 4 is 11.8 Å². The van der Waals surface area contributed by atoms with Crippen LogP contribution in [0.1, 0.15) is 25.7 Å². The predicted octanol–water partition coefficient (Wildman–Crippen LogP) is 2.73. The zero-order valence-corrected chi connectivity index (χ0v) is 16.2. The number of hydrogen-bond acceptors (Lipinski definition) is 8. The Balaban J connectivity index is 1.73. The number of aromatic nitrogens is 5. The second kappa shape index (κ2) is 8.76. The molecule has 0 amide bonds. The van der Waals surface area contributed by atoms with Crippen LogP contribution in [0.15, 0.2) is 32.7 Å². The van der Waals surface area contributed by atoms with E-state index in [1.807, 2.05) is 6.07 Å². The Kier molecular flexibility index (Phi) is 6.17. The van der Waals surface area contributed by atoms with Gasteiger partial charge in [-0.05, 0) is 18.6 Å². The van der Waals surface area contributed by atoms with E-state index in [0.717, 1.165) is 12.8 Å². The molecule has 27 heavy (non-hydrogen) atoms. The minimum atomic E-state index is -0.208. The van der Waals surface area contributed by atoms with Crippen LogP contribution in [0.2, 0.25) is 0 Å². The van der Waals surface area contributed by atoms with Crippen LogP contribution in [0.4, 0.5) is 0 Å². The molecule has 0 fully saturated rings. The summed E-state index contributed by atoms with van der Waals surface area (Å²) in [5.74, 6) is 2.54. The summed E-state index contributed by atoms with van der Waals surface area (Å²) in [6, 6.07) is 5.38. The summed E-state index contributed by atoms with van der Waals surface area (Å²) in [7, 11) is 3.16. The fourth-order valence-corrected chi connectivity index (χ4v) is 3.27. The molecule has 0 saturated heterocycles. The standard InChI is InChI=1S/C17H21N5O4S/c1-4-5-8-22-16(23)19-20-17(22)27-10-14-18-15(21-26-14)12-7-6-11(24-2)9-13(12)25-3/h6-7,9H,4-5,8,10H2,1-3H3,(H,19,23). The number of nitrogens with zero attached hydrogens (tertiary/aromatic N) is 4. The highest BCUT2D eigenvalue weighted by atomic mass is 32.2. The van der Waals surface area contributed by atoms with Crippen molar-refractivity contribution in [3.8, 4) is 22.9 Å². The zero-order chi connectivity index (χ0) is 19.2. The van der Waals surface area contributed by atoms with Gasteiger partial charge in [0.1, 0.15) is 11.5 Å². The highest BCUT2D eigenvalue weighted by Gasteiger charge is 2.16. The Bertz CT molecular complexity index is 949. The minimum absolute atomic E-state index is 0.208. The maximum Gasteiger partial charge on any atom is 0.343 e. The maximum absolute atomic E-state index is 11.8. The average Bonchev–Trinajstić information content (AvgIpc) is 3.30. The molecule has 1 N–H and O–H groups in total. The number of benzene rings is 1. The number of aromatic amines is 1. The van der Waals surface area contributed by atoms with E-state index < -0.39 is 0 Å². The second-order valence-electron chi connectivity index (χ2n) is 5.68. The number of thioether (sulfide) groups is 1. The quantitative estimate of drug-likeness (QED) is 0.555. The first-order chi connectivity index (χ1) is 13.2. The number of nitrogens with one attached hydrogen (secondary N) is 1. The van der Waals surface area contributed by atoms with Gasteiger partial charge in [0.2, 0.25) is 11.7 Å². The number of ether oxygens (including phenoxy) is 2. The molecule has 0 bridgehead atoms. The molecular weight excluding hydrogens is 370 g/mol. The lowest BCUT2D eigenvalue weighted by molar-refractivity contribution is 0.388. The molecule has 0 aliphatic carbocycles. The smallest absolute Gasteiger partial charge is 0.343 e. The van der Waals surface area contributed by atoms with E-state index in [2.05, 4.69) is 27.3 Å². The fraction of sp³-hybridized carbons (Fsp3) is 0.412. The molecule has 3 rings (SSSR count). The largest absolute Gasteiger partial charge is 0.497 e. The first-order valence-electron chi connectivity index (χ1n) is 8.49. The van der Waals surface area contributed by atoms with E-state index in [1.165, 1.54) is 11.8 Å². The molecule has 10 heteroatoms. The average molecular weight is 391 g/mol. The van der Waals surface area contributed by atoms with Crippen LogP contribution in [0, 0.1) is 0 Å². The van der Waals surface area contributed by atoms with Crippen LogP contribution >= 0.6 is 11.8 Å². The summed E-state index contributed by atoms with van der Waals surface area (Å²) >= 11 is 1.37. The van der Waals surface area contributed by atoms with Crippen molar-refractivity contribution in [2.45, 2.75) is 37.2 Å². The summed E-state index contributed by atoms with van der Waals surface area (Å²) in [6.45, 7) is 2.71. The summed E-state index contributed by atoms with van der Waals surface area (Å²) in [5, 5.41) is 11.2. The van der Waals surface area contributed by atoms with Gasteiger partial charge in [-0.25, -0.2) is 9.89 Å². The number of methoxy groups -OCH3 is 2. The van der Waals surface area contributed by atoms with E-state index in [4.69, 9.17) is 14.0 Å². The summed E-state index contributed by atoms with van der Waals surface area (Å²) in [5.41, 5.74) is 0.498. The number of rotatable bonds is 9. The number of H-pyrrole nitrogens is 1. The molecule has 144 valence electrons. The molecule has 0 saturated carbocycles. The van der Waals surface area contributed by atoms with Gasteiger partial charge in [-0.2, -0.15) is 4.98 Å². The Hall–Kier alpha value is -2.75. The van der Waals surface area contributed by atoms with Crippen LogP contribution in [-0.2, 0) is 12.3 Å². The normalized spacial score (nSPS) is 10.9. The van der Waals surface area contributed by atoms with Crippen LogP contribution in [0.5, 0.6) is 11.5 Å². The van der Waals surface area contributed by atoms with Gasteiger partial charge in [0.05, 0.1) is 25.5 Å². The molecule has 0 aliphatic rings. The van der Waals surface area contributed by atoms with E-state index >= 15 is 0 Å². The van der Waals surface area contributed by atoms with Gasteiger partial charge < -0.3 is 14.0 Å². The second-order valence-corrected chi connectivity index (χ2v) is 6.63. The molecule has 9 nitrogen and oxygen atoms in total. The van der Waals surface area contributed by atoms with E-state index in [1.54, 1.807) is 30.9 Å². The van der Waals surface area contributed by atoms with Gasteiger partial charge in [-0.1, -0.05) is 30.3 Å². The highest BCUT2D eigenvalue weighted by Crippen LogP contribution is 2.32. The van der Waals surface area contributed by atoms with Crippen molar-refractivity contribution in [1.29, 1.82) is 0 Å². The van der Waals surface area contributed by atoms with Gasteiger partial charge in [0.25, 0.3) is 0 Å². The highest BCUT2D eigenvalue weighted by molar-refractivity contribution is 7.98. The van der Waals surface area contributed by atoms with Crippen LogP contribution in [0.25, 0.3) is 11.4 Å². The molecule has 0 spiro atoms. The molecule has 0 aliphatic heterocycles. The van der Waals surface area contributed by atoms with Gasteiger partial charge in [0.15, 0.2) is 5.16 Å². The van der Waals surface area contributed by atoms with E-state index in [-0.39, 0.29) is 5.69 Å². The minimum Gasteiger partial charge on any atom is -0.497 e. The van der Waals surface area contributed by atoms with Gasteiger partial charge in [-0.15, -0.1) is 5.10 Å². The third-order valence-electron chi connectivity index (χ3n) is 3.90. The van der Waals surface area contributed by atoms with Crippen molar-refractivity contribution in [3.63, 3.8) is 0 Å². The predicted molar refractivity (Wildman–Crippen MR) is 100 cm³/mol. The Labute approximate surface area is 160 Å². The van der Waals surface area contributed by atoms with Crippen molar-refractivity contribution in [2.75, 3.05) is 14.2 Å². The van der Waals surface area contributed by atoms with Crippen molar-refractivity contribution in [1.82, 2.24) is 24.9 Å². The number of unbranched alkanes of at least 4 members (excludes halogenated alkanes) is 1. The fourth-order valence-electron chi connectivity index (χ4n) is 2.46. The van der Waals surface area contributed by atoms with Gasteiger partial charge >= 0.3 is 5.69 Å². The number of hydrogen-bond donors (Lipinski definition) is 1. The lowest BCUT2D eigenvalue weighted by Crippen LogP contribution is -2.17. The molecule has 0 radical (unpaired) electrons. The third kappa shape index (κ3) is 4.33.